The minimum atomic E-state index is -0.956. The molecule has 0 aliphatic carbocycles. The van der Waals surface area contributed by atoms with Crippen LogP contribution in [0.4, 0.5) is 19.0 Å². The minimum Gasteiger partial charge on any atom is -0.475 e. The first-order chi connectivity index (χ1) is 23.3. The van der Waals surface area contributed by atoms with Crippen LogP contribution in [-0.2, 0) is 9.53 Å². The van der Waals surface area contributed by atoms with E-state index in [0.717, 1.165) is 19.4 Å². The van der Waals surface area contributed by atoms with E-state index in [2.05, 4.69) is 20.8 Å². The van der Waals surface area contributed by atoms with Gasteiger partial charge in [0, 0.05) is 37.0 Å². The molecule has 10 nitrogen and oxygen atoms in total. The molecule has 1 amide bonds. The zero-order chi connectivity index (χ0) is 33.0. The van der Waals surface area contributed by atoms with E-state index in [1.165, 1.54) is 6.07 Å². The maximum atomic E-state index is 17.0. The lowest BCUT2D eigenvalue weighted by Crippen LogP contribution is -2.46. The molecular formula is C35H33F3N6O4. The van der Waals surface area contributed by atoms with Crippen LogP contribution in [0.15, 0.2) is 30.3 Å². The first-order valence-corrected chi connectivity index (χ1v) is 16.2. The highest BCUT2D eigenvalue weighted by Crippen LogP contribution is 2.43. The van der Waals surface area contributed by atoms with Gasteiger partial charge in [-0.1, -0.05) is 30.2 Å². The number of rotatable bonds is 6. The average Bonchev–Trinajstić information content (AvgIpc) is 3.57. The summed E-state index contributed by atoms with van der Waals surface area (Å²) in [6, 6.07) is 7.84. The van der Waals surface area contributed by atoms with Crippen LogP contribution < -0.4 is 14.4 Å². The summed E-state index contributed by atoms with van der Waals surface area (Å²) in [5.41, 5.74) is -0.500. The fourth-order valence-electron chi connectivity index (χ4n) is 7.61. The maximum absolute atomic E-state index is 17.0. The summed E-state index contributed by atoms with van der Waals surface area (Å²) in [5, 5.41) is 1.13. The quantitative estimate of drug-likeness (QED) is 0.284. The number of hydrogen-bond acceptors (Lipinski definition) is 9. The molecule has 3 fully saturated rings. The molecule has 13 heteroatoms. The number of pyridine rings is 1. The van der Waals surface area contributed by atoms with Gasteiger partial charge in [0.25, 0.3) is 0 Å². The number of ether oxygens (including phenoxy) is 3. The molecule has 0 spiro atoms. The SMILES string of the molecule is C#Cc1c(F)ccc2cccc(-c3nc4c5c(nc(OC[C@@]67CCCN6C[C@H](F)C7)nc5c3F)N(CC(=O)N3CCOCC3)CCO4)c12. The number of terminal acetylenes is 1. The zero-order valence-electron chi connectivity index (χ0n) is 26.2. The Morgan fingerprint density at radius 2 is 1.92 bits per heavy atom. The molecule has 4 aliphatic rings. The van der Waals surface area contributed by atoms with Crippen molar-refractivity contribution < 1.29 is 32.2 Å². The van der Waals surface area contributed by atoms with E-state index >= 15 is 4.39 Å². The Labute approximate surface area is 274 Å². The van der Waals surface area contributed by atoms with E-state index in [1.807, 2.05) is 0 Å². The van der Waals surface area contributed by atoms with Crippen LogP contribution in [-0.4, -0.2) is 108 Å². The van der Waals surface area contributed by atoms with Crippen LogP contribution in [0.3, 0.4) is 0 Å². The average molecular weight is 659 g/mol. The van der Waals surface area contributed by atoms with Gasteiger partial charge in [-0.15, -0.1) is 6.42 Å². The van der Waals surface area contributed by atoms with Gasteiger partial charge in [-0.05, 0) is 30.8 Å². The predicted octanol–water partition coefficient (Wildman–Crippen LogP) is 4.12. The number of nitrogens with zero attached hydrogens (tertiary/aromatic N) is 6. The third-order valence-corrected chi connectivity index (χ3v) is 9.93. The largest absolute Gasteiger partial charge is 0.475 e. The van der Waals surface area contributed by atoms with Crippen molar-refractivity contribution in [1.29, 1.82) is 0 Å². The van der Waals surface area contributed by atoms with Crippen LogP contribution in [0.1, 0.15) is 24.8 Å². The molecule has 4 aliphatic heterocycles. The molecule has 0 saturated carbocycles. The Kier molecular flexibility index (Phi) is 7.72. The molecule has 8 rings (SSSR count). The van der Waals surface area contributed by atoms with Crippen LogP contribution >= 0.6 is 0 Å². The molecule has 0 N–H and O–H groups in total. The van der Waals surface area contributed by atoms with Gasteiger partial charge in [-0.25, -0.2) is 18.2 Å². The Hall–Kier alpha value is -4.67. The van der Waals surface area contributed by atoms with Gasteiger partial charge in [0.15, 0.2) is 5.82 Å². The molecule has 2 atom stereocenters. The number of benzene rings is 2. The lowest BCUT2D eigenvalue weighted by Gasteiger charge is -2.31. The van der Waals surface area contributed by atoms with E-state index in [9.17, 15) is 13.6 Å². The first kappa shape index (κ1) is 30.7. The number of amides is 1. The van der Waals surface area contributed by atoms with Crippen molar-refractivity contribution in [3.63, 3.8) is 0 Å². The van der Waals surface area contributed by atoms with E-state index in [4.69, 9.17) is 25.6 Å². The van der Waals surface area contributed by atoms with Crippen molar-refractivity contribution in [2.24, 2.45) is 0 Å². The summed E-state index contributed by atoms with van der Waals surface area (Å²) in [7, 11) is 0. The first-order valence-electron chi connectivity index (χ1n) is 16.2. The summed E-state index contributed by atoms with van der Waals surface area (Å²) < 4.78 is 64.1. The second kappa shape index (κ2) is 12.1. The van der Waals surface area contributed by atoms with E-state index in [1.54, 1.807) is 34.1 Å². The van der Waals surface area contributed by atoms with Gasteiger partial charge in [0.1, 0.15) is 47.6 Å². The molecule has 2 aromatic heterocycles. The third-order valence-electron chi connectivity index (χ3n) is 9.93. The van der Waals surface area contributed by atoms with Gasteiger partial charge in [0.2, 0.25) is 11.8 Å². The van der Waals surface area contributed by atoms with Gasteiger partial charge >= 0.3 is 6.01 Å². The number of morpholine rings is 1. The molecule has 6 heterocycles. The standard InChI is InChI=1S/C35H33F3N6O4/c1-2-23-25(37)8-7-21-5-3-6-24(27(21)23)30-29(38)31-28-32(41-34(40-31)48-20-35-9-4-10-44(35)18-22(36)17-35)43(13-16-47-33(28)39-30)19-26(45)42-11-14-46-15-12-42/h1,3,5-8,22H,4,9-20H2/t22-,35+/m1/s1. The Balaban J connectivity index is 1.27. The van der Waals surface area contributed by atoms with Crippen molar-refractivity contribution in [3.05, 3.63) is 47.5 Å². The summed E-state index contributed by atoms with van der Waals surface area (Å²) in [5.74, 6) is 1.15. The van der Waals surface area contributed by atoms with Crippen molar-refractivity contribution in [3.8, 4) is 35.5 Å². The van der Waals surface area contributed by atoms with Gasteiger partial charge in [0.05, 0.1) is 37.4 Å². The highest BCUT2D eigenvalue weighted by Gasteiger charge is 2.49. The fourth-order valence-corrected chi connectivity index (χ4v) is 7.61. The highest BCUT2D eigenvalue weighted by molar-refractivity contribution is 6.03. The summed E-state index contributed by atoms with van der Waals surface area (Å²) in [4.78, 5) is 32.8. The predicted molar refractivity (Wildman–Crippen MR) is 172 cm³/mol. The molecule has 4 aromatic rings. The van der Waals surface area contributed by atoms with Crippen LogP contribution in [0.25, 0.3) is 32.9 Å². The highest BCUT2D eigenvalue weighted by atomic mass is 19.1. The summed E-state index contributed by atoms with van der Waals surface area (Å²) in [6.07, 6.45) is 6.79. The minimum absolute atomic E-state index is 0.0144. The normalized spacial score (nSPS) is 22.4. The lowest BCUT2D eigenvalue weighted by molar-refractivity contribution is -0.133. The van der Waals surface area contributed by atoms with E-state index < -0.39 is 23.3 Å². The number of alkyl halides is 1. The number of anilines is 1. The monoisotopic (exact) mass is 658 g/mol. The van der Waals surface area contributed by atoms with Crippen LogP contribution in [0, 0.1) is 24.0 Å². The number of carbonyl (C=O) groups is 1. The van der Waals surface area contributed by atoms with Gasteiger partial charge in [-0.2, -0.15) is 9.97 Å². The Morgan fingerprint density at radius 3 is 2.75 bits per heavy atom. The number of carbonyl (C=O) groups excluding carboxylic acids is 1. The number of fused-ring (bicyclic) bond motifs is 2. The lowest BCUT2D eigenvalue weighted by atomic mass is 9.95. The Bertz CT molecular complexity index is 1980. The molecule has 48 heavy (non-hydrogen) atoms. The van der Waals surface area contributed by atoms with Crippen molar-refractivity contribution >= 4 is 33.4 Å². The number of aromatic nitrogens is 3. The number of halogens is 3. The van der Waals surface area contributed by atoms with Gasteiger partial charge in [-0.3, -0.25) is 9.69 Å². The third kappa shape index (κ3) is 5.14. The van der Waals surface area contributed by atoms with Crippen molar-refractivity contribution in [2.75, 3.05) is 70.6 Å². The van der Waals surface area contributed by atoms with Crippen LogP contribution in [0.2, 0.25) is 0 Å². The van der Waals surface area contributed by atoms with Crippen molar-refractivity contribution in [2.45, 2.75) is 31.0 Å². The molecular weight excluding hydrogens is 625 g/mol. The summed E-state index contributed by atoms with van der Waals surface area (Å²) in [6.45, 7) is 3.39. The Morgan fingerprint density at radius 1 is 1.06 bits per heavy atom. The van der Waals surface area contributed by atoms with E-state index in [-0.39, 0.29) is 77.6 Å². The number of hydrogen-bond donors (Lipinski definition) is 0. The maximum Gasteiger partial charge on any atom is 0.319 e. The fraction of sp³-hybridized carbons (Fsp3) is 0.429. The molecule has 0 unspecified atom stereocenters. The van der Waals surface area contributed by atoms with Gasteiger partial charge < -0.3 is 24.0 Å². The van der Waals surface area contributed by atoms with E-state index in [0.29, 0.717) is 50.0 Å². The zero-order valence-corrected chi connectivity index (χ0v) is 26.2. The summed E-state index contributed by atoms with van der Waals surface area (Å²) >= 11 is 0. The second-order valence-electron chi connectivity index (χ2n) is 12.7. The smallest absolute Gasteiger partial charge is 0.319 e. The molecule has 3 saturated heterocycles. The molecule has 2 aromatic carbocycles. The molecule has 0 bridgehead atoms. The molecule has 0 radical (unpaired) electrons. The molecule has 248 valence electrons. The topological polar surface area (TPSA) is 93.2 Å². The van der Waals surface area contributed by atoms with Crippen molar-refractivity contribution in [1.82, 2.24) is 24.8 Å². The second-order valence-corrected chi connectivity index (χ2v) is 12.7. The van der Waals surface area contributed by atoms with Crippen LogP contribution in [0.5, 0.6) is 11.9 Å².